The van der Waals surface area contributed by atoms with Crippen molar-refractivity contribution in [1.82, 2.24) is 5.01 Å². The Morgan fingerprint density at radius 1 is 1.75 bits per heavy atom. The minimum absolute atomic E-state index is 0.922. The van der Waals surface area contributed by atoms with E-state index in [-0.39, 0.29) is 0 Å². The Labute approximate surface area is 50.2 Å². The van der Waals surface area contributed by atoms with Crippen molar-refractivity contribution in [1.29, 1.82) is 0 Å². The van der Waals surface area contributed by atoms with Gasteiger partial charge < -0.3 is 5.01 Å². The van der Waals surface area contributed by atoms with E-state index in [9.17, 15) is 0 Å². The Kier molecular flexibility index (Phi) is 1.51. The van der Waals surface area contributed by atoms with Crippen molar-refractivity contribution in [3.05, 3.63) is 0 Å². The standard InChI is InChI=1S/C6H12N2/c1-7-8(2)5-6-3-4-6/h6H,1,3-5H2,2H3. The van der Waals surface area contributed by atoms with Crippen molar-refractivity contribution < 1.29 is 0 Å². The Bertz CT molecular complexity index is 86.5. The second-order valence-corrected chi connectivity index (χ2v) is 2.43. The van der Waals surface area contributed by atoms with E-state index in [1.54, 1.807) is 0 Å². The Hall–Kier alpha value is -0.530. The van der Waals surface area contributed by atoms with Crippen molar-refractivity contribution in [2.24, 2.45) is 11.0 Å². The fourth-order valence-corrected chi connectivity index (χ4v) is 0.732. The van der Waals surface area contributed by atoms with Crippen molar-refractivity contribution in [3.8, 4) is 0 Å². The van der Waals surface area contributed by atoms with Gasteiger partial charge in [0.2, 0.25) is 0 Å². The summed E-state index contributed by atoms with van der Waals surface area (Å²) < 4.78 is 0. The van der Waals surface area contributed by atoms with E-state index in [0.29, 0.717) is 0 Å². The van der Waals surface area contributed by atoms with Crippen LogP contribution < -0.4 is 0 Å². The van der Waals surface area contributed by atoms with Crippen LogP contribution in [0.5, 0.6) is 0 Å². The topological polar surface area (TPSA) is 15.6 Å². The molecule has 0 aliphatic heterocycles. The van der Waals surface area contributed by atoms with Crippen LogP contribution in [-0.4, -0.2) is 25.3 Å². The van der Waals surface area contributed by atoms with Crippen LogP contribution in [0.2, 0.25) is 0 Å². The van der Waals surface area contributed by atoms with Gasteiger partial charge in [-0.1, -0.05) is 0 Å². The number of hydrazone groups is 1. The quantitative estimate of drug-likeness (QED) is 0.392. The van der Waals surface area contributed by atoms with E-state index in [2.05, 4.69) is 11.8 Å². The summed E-state index contributed by atoms with van der Waals surface area (Å²) in [4.78, 5) is 0. The molecule has 0 aromatic carbocycles. The van der Waals surface area contributed by atoms with Gasteiger partial charge in [0.1, 0.15) is 0 Å². The molecule has 0 heterocycles. The first kappa shape index (κ1) is 5.60. The monoisotopic (exact) mass is 112 g/mol. The smallest absolute Gasteiger partial charge is 0.0385 e. The second kappa shape index (κ2) is 2.16. The predicted molar refractivity (Wildman–Crippen MR) is 34.9 cm³/mol. The molecule has 0 radical (unpaired) electrons. The average molecular weight is 112 g/mol. The Morgan fingerprint density at radius 2 is 2.38 bits per heavy atom. The van der Waals surface area contributed by atoms with E-state index in [4.69, 9.17) is 0 Å². The van der Waals surface area contributed by atoms with Gasteiger partial charge in [0.15, 0.2) is 0 Å². The molecule has 0 saturated heterocycles. The third-order valence-corrected chi connectivity index (χ3v) is 1.46. The zero-order valence-electron chi connectivity index (χ0n) is 5.30. The van der Waals surface area contributed by atoms with Crippen LogP contribution in [0.4, 0.5) is 0 Å². The van der Waals surface area contributed by atoms with Gasteiger partial charge in [-0.05, 0) is 18.8 Å². The van der Waals surface area contributed by atoms with E-state index in [0.717, 1.165) is 12.5 Å². The van der Waals surface area contributed by atoms with Crippen LogP contribution in [0, 0.1) is 5.92 Å². The third kappa shape index (κ3) is 1.52. The lowest BCUT2D eigenvalue weighted by Crippen LogP contribution is -2.12. The molecule has 2 nitrogen and oxygen atoms in total. The summed E-state index contributed by atoms with van der Waals surface area (Å²) in [7, 11) is 1.96. The van der Waals surface area contributed by atoms with Gasteiger partial charge in [0, 0.05) is 20.3 Å². The molecule has 0 aromatic rings. The minimum Gasteiger partial charge on any atom is -0.300 e. The summed E-state index contributed by atoms with van der Waals surface area (Å²) in [6.45, 7) is 4.52. The van der Waals surface area contributed by atoms with Gasteiger partial charge in [-0.3, -0.25) is 0 Å². The lowest BCUT2D eigenvalue weighted by atomic mass is 10.4. The summed E-state index contributed by atoms with van der Waals surface area (Å²) in [5.74, 6) is 0.922. The summed E-state index contributed by atoms with van der Waals surface area (Å²) in [5.41, 5.74) is 0. The number of hydrogen-bond donors (Lipinski definition) is 0. The molecule has 0 bridgehead atoms. The SMILES string of the molecule is C=NN(C)CC1CC1. The molecule has 0 amide bonds. The van der Waals surface area contributed by atoms with Crippen molar-refractivity contribution in [3.63, 3.8) is 0 Å². The number of rotatable bonds is 3. The highest BCUT2D eigenvalue weighted by Gasteiger charge is 2.21. The van der Waals surface area contributed by atoms with Gasteiger partial charge in [0.05, 0.1) is 0 Å². The molecule has 0 aromatic heterocycles. The minimum atomic E-state index is 0.922. The van der Waals surface area contributed by atoms with E-state index in [1.807, 2.05) is 12.1 Å². The lowest BCUT2D eigenvalue weighted by Gasteiger charge is -2.09. The molecule has 0 spiro atoms. The van der Waals surface area contributed by atoms with Gasteiger partial charge in [0.25, 0.3) is 0 Å². The van der Waals surface area contributed by atoms with Crippen LogP contribution in [0.3, 0.4) is 0 Å². The predicted octanol–water partition coefficient (Wildman–Crippen LogP) is 0.944. The summed E-state index contributed by atoms with van der Waals surface area (Å²) >= 11 is 0. The van der Waals surface area contributed by atoms with Crippen molar-refractivity contribution in [2.75, 3.05) is 13.6 Å². The zero-order chi connectivity index (χ0) is 5.98. The molecule has 1 saturated carbocycles. The van der Waals surface area contributed by atoms with Gasteiger partial charge >= 0.3 is 0 Å². The van der Waals surface area contributed by atoms with Crippen molar-refractivity contribution in [2.45, 2.75) is 12.8 Å². The number of hydrogen-bond acceptors (Lipinski definition) is 2. The van der Waals surface area contributed by atoms with Crippen LogP contribution in [0.25, 0.3) is 0 Å². The highest BCUT2D eigenvalue weighted by Crippen LogP contribution is 2.29. The van der Waals surface area contributed by atoms with Crippen LogP contribution in [0.1, 0.15) is 12.8 Å². The van der Waals surface area contributed by atoms with Gasteiger partial charge in [-0.25, -0.2) is 0 Å². The molecule has 1 rings (SSSR count). The molecule has 8 heavy (non-hydrogen) atoms. The molecule has 0 atom stereocenters. The fraction of sp³-hybridized carbons (Fsp3) is 0.833. The van der Waals surface area contributed by atoms with Crippen molar-refractivity contribution >= 4 is 6.72 Å². The zero-order valence-corrected chi connectivity index (χ0v) is 5.30. The van der Waals surface area contributed by atoms with Crippen LogP contribution in [0.15, 0.2) is 5.10 Å². The molecule has 0 unspecified atom stereocenters. The summed E-state index contributed by atoms with van der Waals surface area (Å²) in [6, 6.07) is 0. The van der Waals surface area contributed by atoms with E-state index < -0.39 is 0 Å². The highest BCUT2D eigenvalue weighted by atomic mass is 15.4. The Balaban J connectivity index is 2.06. The maximum atomic E-state index is 3.75. The molecular formula is C6H12N2. The Morgan fingerprint density at radius 3 is 2.75 bits per heavy atom. The molecule has 1 aliphatic rings. The molecular weight excluding hydrogens is 100 g/mol. The first-order valence-corrected chi connectivity index (χ1v) is 3.00. The molecule has 46 valence electrons. The van der Waals surface area contributed by atoms with Crippen LogP contribution in [-0.2, 0) is 0 Å². The average Bonchev–Trinajstić information content (AvgIpc) is 2.50. The fourth-order valence-electron chi connectivity index (χ4n) is 0.732. The maximum Gasteiger partial charge on any atom is 0.0385 e. The largest absolute Gasteiger partial charge is 0.300 e. The maximum absolute atomic E-state index is 3.75. The first-order chi connectivity index (χ1) is 3.83. The first-order valence-electron chi connectivity index (χ1n) is 3.00. The van der Waals surface area contributed by atoms with Gasteiger partial charge in [-0.2, -0.15) is 5.10 Å². The third-order valence-electron chi connectivity index (χ3n) is 1.46. The summed E-state index contributed by atoms with van der Waals surface area (Å²) in [6.07, 6.45) is 2.78. The normalized spacial score (nSPS) is 18.1. The summed E-state index contributed by atoms with van der Waals surface area (Å²) in [5, 5.41) is 5.65. The lowest BCUT2D eigenvalue weighted by molar-refractivity contribution is 0.342. The molecule has 2 heteroatoms. The van der Waals surface area contributed by atoms with E-state index in [1.165, 1.54) is 12.8 Å². The van der Waals surface area contributed by atoms with Crippen LogP contribution >= 0.6 is 0 Å². The molecule has 1 fully saturated rings. The highest BCUT2D eigenvalue weighted by molar-refractivity contribution is 5.22. The number of nitrogens with zero attached hydrogens (tertiary/aromatic N) is 2. The molecule has 0 N–H and O–H groups in total. The van der Waals surface area contributed by atoms with E-state index >= 15 is 0 Å². The molecule has 1 aliphatic carbocycles. The van der Waals surface area contributed by atoms with Gasteiger partial charge in [-0.15, -0.1) is 0 Å². The second-order valence-electron chi connectivity index (χ2n) is 2.43.